The number of hydrogen-bond donors (Lipinski definition) is 0. The van der Waals surface area contributed by atoms with Gasteiger partial charge in [-0.25, -0.2) is 0 Å². The predicted octanol–water partition coefficient (Wildman–Crippen LogP) is 7.38. The van der Waals surface area contributed by atoms with E-state index in [0.717, 1.165) is 0 Å². The molecule has 0 saturated carbocycles. The molecule has 0 unspecified atom stereocenters. The second-order valence-electron chi connectivity index (χ2n) is 8.50. The molecular weight excluding hydrogens is 338 g/mol. The van der Waals surface area contributed by atoms with Crippen molar-refractivity contribution in [1.29, 1.82) is 0 Å². The predicted molar refractivity (Wildman–Crippen MR) is 134 cm³/mol. The van der Waals surface area contributed by atoms with Crippen LogP contribution in [0.1, 0.15) is 102 Å². The molecule has 0 fully saturated rings. The van der Waals surface area contributed by atoms with E-state index in [1.807, 2.05) is 0 Å². The maximum absolute atomic E-state index is 2.42. The third-order valence-corrected chi connectivity index (χ3v) is 6.59. The molecule has 0 atom stereocenters. The van der Waals surface area contributed by atoms with Gasteiger partial charge in [0.05, 0.1) is 0 Å². The SMILES string of the molecule is CCCCCCCC1(CCCCCCC)c2ccccc2-c2ccccc21.[LiH].[LiH]. The molecule has 0 aliphatic heterocycles. The molecule has 2 heteroatoms. The minimum atomic E-state index is 0. The Hall–Kier alpha value is -0.365. The van der Waals surface area contributed by atoms with Crippen molar-refractivity contribution >= 4 is 37.7 Å². The Balaban J connectivity index is 0.00000210. The molecule has 0 bridgehead atoms. The molecule has 1 aliphatic rings. The van der Waals surface area contributed by atoms with Crippen molar-refractivity contribution in [3.8, 4) is 11.1 Å². The fourth-order valence-electron chi connectivity index (χ4n) is 5.14. The van der Waals surface area contributed by atoms with E-state index < -0.39 is 0 Å². The van der Waals surface area contributed by atoms with E-state index in [0.29, 0.717) is 0 Å². The molecule has 2 aromatic carbocycles. The van der Waals surface area contributed by atoms with Gasteiger partial charge in [0.15, 0.2) is 0 Å². The van der Waals surface area contributed by atoms with Gasteiger partial charge in [-0.1, -0.05) is 127 Å². The first-order chi connectivity index (χ1) is 13.3. The van der Waals surface area contributed by atoms with Crippen LogP contribution in [0.2, 0.25) is 0 Å². The second-order valence-corrected chi connectivity index (χ2v) is 8.50. The van der Waals surface area contributed by atoms with Crippen LogP contribution in [0.3, 0.4) is 0 Å². The van der Waals surface area contributed by atoms with E-state index in [-0.39, 0.29) is 43.1 Å². The maximum atomic E-state index is 2.42. The van der Waals surface area contributed by atoms with Crippen LogP contribution in [-0.2, 0) is 5.41 Å². The summed E-state index contributed by atoms with van der Waals surface area (Å²) in [5.74, 6) is 0. The molecule has 2 aromatic rings. The first-order valence-corrected chi connectivity index (χ1v) is 11.5. The fraction of sp³-hybridized carbons (Fsp3) is 0.556. The molecule has 0 nitrogen and oxygen atoms in total. The molecule has 3 rings (SSSR count). The van der Waals surface area contributed by atoms with E-state index >= 15 is 0 Å². The molecule has 0 saturated heterocycles. The van der Waals surface area contributed by atoms with E-state index in [1.165, 1.54) is 88.2 Å². The van der Waals surface area contributed by atoms with E-state index in [4.69, 9.17) is 0 Å². The van der Waals surface area contributed by atoms with Crippen LogP contribution >= 0.6 is 0 Å². The summed E-state index contributed by atoms with van der Waals surface area (Å²) >= 11 is 0. The molecule has 150 valence electrons. The topological polar surface area (TPSA) is 0 Å². The summed E-state index contributed by atoms with van der Waals surface area (Å²) in [7, 11) is 0. The Bertz CT molecular complexity index is 646. The molecule has 0 aromatic heterocycles. The summed E-state index contributed by atoms with van der Waals surface area (Å²) in [5.41, 5.74) is 6.46. The standard InChI is InChI=1S/C27H38.2Li.2H/c1-3-5-7-9-15-21-27(22-16-10-8-6-4-2)25-19-13-11-17-23(25)24-18-12-14-20-26(24)27;;;;/h11-14,17-20H,3-10,15-16,21-22H2,1-2H3;;;;. The molecular formula is C27H40Li2. The molecule has 0 heterocycles. The van der Waals surface area contributed by atoms with Gasteiger partial charge in [0.25, 0.3) is 0 Å². The summed E-state index contributed by atoms with van der Waals surface area (Å²) in [5, 5.41) is 0. The summed E-state index contributed by atoms with van der Waals surface area (Å²) in [4.78, 5) is 0. The zero-order chi connectivity index (χ0) is 19.0. The number of fused-ring (bicyclic) bond motifs is 3. The zero-order valence-corrected chi connectivity index (χ0v) is 17.6. The Labute approximate surface area is 204 Å². The van der Waals surface area contributed by atoms with Crippen molar-refractivity contribution in [3.05, 3.63) is 59.7 Å². The van der Waals surface area contributed by atoms with Crippen molar-refractivity contribution in [2.45, 2.75) is 96.3 Å². The molecule has 0 N–H and O–H groups in total. The second kappa shape index (κ2) is 13.8. The third kappa shape index (κ3) is 6.31. The van der Waals surface area contributed by atoms with Crippen molar-refractivity contribution < 1.29 is 0 Å². The first-order valence-electron chi connectivity index (χ1n) is 11.5. The van der Waals surface area contributed by atoms with Gasteiger partial charge >= 0.3 is 37.7 Å². The first kappa shape index (κ1) is 26.7. The van der Waals surface area contributed by atoms with Gasteiger partial charge in [0.2, 0.25) is 0 Å². The molecule has 29 heavy (non-hydrogen) atoms. The summed E-state index contributed by atoms with van der Waals surface area (Å²) in [6.45, 7) is 4.61. The van der Waals surface area contributed by atoms with Gasteiger partial charge in [-0.05, 0) is 35.1 Å². The molecule has 0 radical (unpaired) electrons. The van der Waals surface area contributed by atoms with Gasteiger partial charge in [-0.15, -0.1) is 0 Å². The van der Waals surface area contributed by atoms with Crippen LogP contribution in [0.4, 0.5) is 0 Å². The van der Waals surface area contributed by atoms with Crippen molar-refractivity contribution in [3.63, 3.8) is 0 Å². The Morgan fingerprint density at radius 1 is 0.517 bits per heavy atom. The van der Waals surface area contributed by atoms with Crippen LogP contribution < -0.4 is 0 Å². The Morgan fingerprint density at radius 2 is 0.897 bits per heavy atom. The van der Waals surface area contributed by atoms with Crippen LogP contribution in [-0.4, -0.2) is 37.7 Å². The van der Waals surface area contributed by atoms with Gasteiger partial charge in [0.1, 0.15) is 0 Å². The quantitative estimate of drug-likeness (QED) is 0.267. The third-order valence-electron chi connectivity index (χ3n) is 6.59. The Kier molecular flexibility index (Phi) is 12.7. The van der Waals surface area contributed by atoms with Crippen LogP contribution in [0, 0.1) is 0 Å². The molecule has 1 aliphatic carbocycles. The molecule has 0 spiro atoms. The average molecular weight is 378 g/mol. The van der Waals surface area contributed by atoms with Gasteiger partial charge in [0, 0.05) is 5.41 Å². The monoisotopic (exact) mass is 378 g/mol. The average Bonchev–Trinajstić information content (AvgIpc) is 2.99. The van der Waals surface area contributed by atoms with E-state index in [2.05, 4.69) is 62.4 Å². The molecule has 0 amide bonds. The zero-order valence-electron chi connectivity index (χ0n) is 17.6. The summed E-state index contributed by atoms with van der Waals surface area (Å²) in [6.07, 6.45) is 16.3. The summed E-state index contributed by atoms with van der Waals surface area (Å²) < 4.78 is 0. The van der Waals surface area contributed by atoms with Gasteiger partial charge in [-0.2, -0.15) is 0 Å². The van der Waals surface area contributed by atoms with Crippen molar-refractivity contribution in [1.82, 2.24) is 0 Å². The normalized spacial score (nSPS) is 13.2. The van der Waals surface area contributed by atoms with Crippen LogP contribution in [0.25, 0.3) is 11.1 Å². The van der Waals surface area contributed by atoms with E-state index in [9.17, 15) is 0 Å². The van der Waals surface area contributed by atoms with Crippen LogP contribution in [0.5, 0.6) is 0 Å². The van der Waals surface area contributed by atoms with Crippen molar-refractivity contribution in [2.24, 2.45) is 0 Å². The minimum absolute atomic E-state index is 0. The number of unbranched alkanes of at least 4 members (excludes halogenated alkanes) is 8. The van der Waals surface area contributed by atoms with Gasteiger partial charge in [-0.3, -0.25) is 0 Å². The Morgan fingerprint density at radius 3 is 1.31 bits per heavy atom. The fourth-order valence-corrected chi connectivity index (χ4v) is 5.14. The summed E-state index contributed by atoms with van der Waals surface area (Å²) in [6, 6.07) is 18.5. The van der Waals surface area contributed by atoms with Crippen molar-refractivity contribution in [2.75, 3.05) is 0 Å². The number of rotatable bonds is 12. The number of benzene rings is 2. The number of hydrogen-bond acceptors (Lipinski definition) is 0. The van der Waals surface area contributed by atoms with Crippen LogP contribution in [0.15, 0.2) is 48.5 Å². The van der Waals surface area contributed by atoms with E-state index in [1.54, 1.807) is 11.1 Å². The van der Waals surface area contributed by atoms with Gasteiger partial charge < -0.3 is 0 Å².